The number of thiophene rings is 1. The van der Waals surface area contributed by atoms with Gasteiger partial charge in [0.1, 0.15) is 10.6 Å². The summed E-state index contributed by atoms with van der Waals surface area (Å²) in [6.45, 7) is 5.86. The van der Waals surface area contributed by atoms with Crippen LogP contribution in [0, 0.1) is 5.92 Å². The molecule has 0 bridgehead atoms. The summed E-state index contributed by atoms with van der Waals surface area (Å²) in [4.78, 5) is 37.6. The zero-order chi connectivity index (χ0) is 22.2. The zero-order valence-corrected chi connectivity index (χ0v) is 20.1. The Morgan fingerprint density at radius 3 is 2.88 bits per heavy atom. The van der Waals surface area contributed by atoms with Gasteiger partial charge in [-0.05, 0) is 49.9 Å². The molecule has 1 unspecified atom stereocenters. The van der Waals surface area contributed by atoms with Crippen LogP contribution in [0.5, 0.6) is 0 Å². The van der Waals surface area contributed by atoms with E-state index in [0.717, 1.165) is 55.7 Å². The molecule has 2 aliphatic rings. The number of carbonyl (C=O) groups excluding carboxylic acids is 1. The maximum Gasteiger partial charge on any atom is 0.263 e. The Balaban J connectivity index is 1.47. The van der Waals surface area contributed by atoms with Gasteiger partial charge in [-0.25, -0.2) is 4.98 Å². The number of amides is 1. The highest BCUT2D eigenvalue weighted by Crippen LogP contribution is 2.36. The van der Waals surface area contributed by atoms with E-state index in [1.165, 1.54) is 22.2 Å². The van der Waals surface area contributed by atoms with E-state index < -0.39 is 0 Å². The van der Waals surface area contributed by atoms with Crippen molar-refractivity contribution < 1.29 is 9.21 Å². The third kappa shape index (κ3) is 4.25. The van der Waals surface area contributed by atoms with Gasteiger partial charge >= 0.3 is 0 Å². The van der Waals surface area contributed by atoms with Crippen molar-refractivity contribution in [2.75, 3.05) is 39.0 Å². The zero-order valence-electron chi connectivity index (χ0n) is 18.5. The molecular weight excluding hydrogens is 444 g/mol. The molecule has 32 heavy (non-hydrogen) atoms. The van der Waals surface area contributed by atoms with Gasteiger partial charge in [-0.1, -0.05) is 18.7 Å². The van der Waals surface area contributed by atoms with E-state index in [9.17, 15) is 9.59 Å². The molecule has 5 rings (SSSR count). The first-order chi connectivity index (χ1) is 15.5. The van der Waals surface area contributed by atoms with Crippen molar-refractivity contribution in [2.24, 2.45) is 5.92 Å². The monoisotopic (exact) mass is 472 g/mol. The molecule has 1 aliphatic carbocycles. The van der Waals surface area contributed by atoms with Gasteiger partial charge in [0.2, 0.25) is 5.91 Å². The van der Waals surface area contributed by atoms with E-state index >= 15 is 0 Å². The van der Waals surface area contributed by atoms with Crippen LogP contribution < -0.4 is 5.56 Å². The summed E-state index contributed by atoms with van der Waals surface area (Å²) in [5, 5.41) is 1.35. The lowest BCUT2D eigenvalue weighted by Crippen LogP contribution is -2.47. The number of carbonyl (C=O) groups is 1. The van der Waals surface area contributed by atoms with Crippen LogP contribution in [0.3, 0.4) is 0 Å². The number of rotatable bonds is 5. The lowest BCUT2D eigenvalue weighted by Gasteiger charge is -2.32. The van der Waals surface area contributed by atoms with Crippen LogP contribution in [0.4, 0.5) is 0 Å². The second-order valence-electron chi connectivity index (χ2n) is 8.87. The first-order valence-electron chi connectivity index (χ1n) is 11.2. The van der Waals surface area contributed by atoms with Crippen LogP contribution in [0.1, 0.15) is 29.5 Å². The van der Waals surface area contributed by atoms with E-state index in [1.807, 2.05) is 17.0 Å². The molecule has 0 aromatic carbocycles. The fourth-order valence-electron chi connectivity index (χ4n) is 4.49. The summed E-state index contributed by atoms with van der Waals surface area (Å²) in [6, 6.07) is 3.69. The van der Waals surface area contributed by atoms with Crippen molar-refractivity contribution in [2.45, 2.75) is 37.9 Å². The maximum absolute atomic E-state index is 13.6. The van der Waals surface area contributed by atoms with Crippen LogP contribution in [0.15, 0.2) is 32.8 Å². The molecule has 1 amide bonds. The summed E-state index contributed by atoms with van der Waals surface area (Å²) in [6.07, 6.45) is 4.66. The normalized spacial score (nSPS) is 19.4. The lowest BCUT2D eigenvalue weighted by atomic mass is 9.89. The van der Waals surface area contributed by atoms with Crippen molar-refractivity contribution in [3.8, 4) is 0 Å². The number of thioether (sulfide) groups is 1. The van der Waals surface area contributed by atoms with Crippen molar-refractivity contribution in [1.29, 1.82) is 0 Å². The van der Waals surface area contributed by atoms with Gasteiger partial charge in [-0.2, -0.15) is 0 Å². The second-order valence-corrected chi connectivity index (χ2v) is 10.9. The van der Waals surface area contributed by atoms with Gasteiger partial charge in [0.25, 0.3) is 5.56 Å². The van der Waals surface area contributed by atoms with E-state index in [2.05, 4.69) is 18.9 Å². The second kappa shape index (κ2) is 9.03. The van der Waals surface area contributed by atoms with Gasteiger partial charge in [0.05, 0.1) is 23.9 Å². The first-order valence-corrected chi connectivity index (χ1v) is 13.0. The highest BCUT2D eigenvalue weighted by molar-refractivity contribution is 7.99. The van der Waals surface area contributed by atoms with Crippen molar-refractivity contribution in [1.82, 2.24) is 19.4 Å². The molecule has 1 aliphatic heterocycles. The minimum Gasteiger partial charge on any atom is -0.467 e. The Kier molecular flexibility index (Phi) is 6.14. The van der Waals surface area contributed by atoms with E-state index in [0.29, 0.717) is 23.4 Å². The molecule has 1 atom stereocenters. The average Bonchev–Trinajstić information content (AvgIpc) is 3.41. The summed E-state index contributed by atoms with van der Waals surface area (Å²) in [5.74, 6) is 1.72. The summed E-state index contributed by atoms with van der Waals surface area (Å²) in [5.41, 5.74) is 1.16. The van der Waals surface area contributed by atoms with E-state index in [1.54, 1.807) is 22.2 Å². The molecule has 1 fully saturated rings. The molecule has 9 heteroatoms. The minimum atomic E-state index is -0.0204. The highest BCUT2D eigenvalue weighted by atomic mass is 32.2. The third-order valence-corrected chi connectivity index (χ3v) is 8.56. The lowest BCUT2D eigenvalue weighted by molar-refractivity contribution is -0.129. The first kappa shape index (κ1) is 21.7. The topological polar surface area (TPSA) is 71.6 Å². The molecule has 4 heterocycles. The maximum atomic E-state index is 13.6. The molecule has 170 valence electrons. The number of fused-ring (bicyclic) bond motifs is 3. The summed E-state index contributed by atoms with van der Waals surface area (Å²) >= 11 is 3.01. The SMILES string of the molecule is CC1CCc2c(sc3nc(SCC(=O)N4CCN(C)CC4)n(Cc4ccco4)c(=O)c23)C1. The summed E-state index contributed by atoms with van der Waals surface area (Å²) < 4.78 is 7.21. The standard InChI is InChI=1S/C23H28N4O3S2/c1-15-5-6-17-18(12-15)32-21-20(17)22(29)27(13-16-4-3-11-30-16)23(24-21)31-14-19(28)26-9-7-25(2)8-10-26/h3-4,11,15H,5-10,12-14H2,1-2H3. The smallest absolute Gasteiger partial charge is 0.263 e. The van der Waals surface area contributed by atoms with Crippen molar-refractivity contribution >= 4 is 39.2 Å². The predicted molar refractivity (Wildman–Crippen MR) is 128 cm³/mol. The van der Waals surface area contributed by atoms with Gasteiger partial charge < -0.3 is 14.2 Å². The van der Waals surface area contributed by atoms with Gasteiger partial charge in [0.15, 0.2) is 5.16 Å². The van der Waals surface area contributed by atoms with Crippen molar-refractivity contribution in [3.05, 3.63) is 45.0 Å². The van der Waals surface area contributed by atoms with Crippen LogP contribution >= 0.6 is 23.1 Å². The number of nitrogens with zero attached hydrogens (tertiary/aromatic N) is 4. The van der Waals surface area contributed by atoms with Gasteiger partial charge in [0, 0.05) is 31.1 Å². The van der Waals surface area contributed by atoms with Crippen LogP contribution in [0.25, 0.3) is 10.2 Å². The number of hydrogen-bond donors (Lipinski definition) is 0. The Morgan fingerprint density at radius 1 is 1.31 bits per heavy atom. The van der Waals surface area contributed by atoms with Crippen molar-refractivity contribution in [3.63, 3.8) is 0 Å². The number of furan rings is 1. The Labute approximate surface area is 195 Å². The van der Waals surface area contributed by atoms with Crippen LogP contribution in [-0.2, 0) is 24.2 Å². The summed E-state index contributed by atoms with van der Waals surface area (Å²) in [7, 11) is 2.07. The van der Waals surface area contributed by atoms with Gasteiger partial charge in [-0.15, -0.1) is 11.3 Å². The molecule has 0 radical (unpaired) electrons. The van der Waals surface area contributed by atoms with E-state index in [-0.39, 0.29) is 17.2 Å². The molecule has 0 saturated carbocycles. The molecular formula is C23H28N4O3S2. The average molecular weight is 473 g/mol. The number of aromatic nitrogens is 2. The number of hydrogen-bond acceptors (Lipinski definition) is 7. The van der Waals surface area contributed by atoms with Crippen LogP contribution in [0.2, 0.25) is 0 Å². The minimum absolute atomic E-state index is 0.0204. The van der Waals surface area contributed by atoms with Gasteiger partial charge in [-0.3, -0.25) is 14.2 Å². The molecule has 0 N–H and O–H groups in total. The Bertz CT molecular complexity index is 1180. The molecule has 3 aromatic rings. The van der Waals surface area contributed by atoms with E-state index in [4.69, 9.17) is 9.40 Å². The number of aryl methyl sites for hydroxylation is 1. The highest BCUT2D eigenvalue weighted by Gasteiger charge is 2.26. The molecule has 7 nitrogen and oxygen atoms in total. The third-order valence-electron chi connectivity index (χ3n) is 6.45. The van der Waals surface area contributed by atoms with Crippen LogP contribution in [-0.4, -0.2) is 64.2 Å². The number of piperazine rings is 1. The fourth-order valence-corrected chi connectivity index (χ4v) is 6.81. The predicted octanol–water partition coefficient (Wildman–Crippen LogP) is 3.09. The molecule has 0 spiro atoms. The Hall–Kier alpha value is -2.10. The number of likely N-dealkylation sites (N-methyl/N-ethyl adjacent to an activating group) is 1. The molecule has 1 saturated heterocycles. The largest absolute Gasteiger partial charge is 0.467 e. The molecule has 3 aromatic heterocycles. The Morgan fingerprint density at radius 2 is 2.12 bits per heavy atom. The fraction of sp³-hybridized carbons (Fsp3) is 0.522. The quantitative estimate of drug-likeness (QED) is 0.420.